The first kappa shape index (κ1) is 21.6. The lowest BCUT2D eigenvalue weighted by atomic mass is 9.50. The lowest BCUT2D eigenvalue weighted by Gasteiger charge is -2.54. The summed E-state index contributed by atoms with van der Waals surface area (Å²) in [5.74, 6) is 2.09. The Morgan fingerprint density at radius 1 is 1.15 bits per heavy atom. The number of hydrogen-bond acceptors (Lipinski definition) is 5. The number of fused-ring (bicyclic) bond motifs is 4. The van der Waals surface area contributed by atoms with Crippen LogP contribution in [0.25, 0.3) is 0 Å². The Balaban J connectivity index is 1.48. The zero-order chi connectivity index (χ0) is 23.4. The average Bonchev–Trinajstić information content (AvgIpc) is 2.78. The molecule has 0 saturated carbocycles. The van der Waals surface area contributed by atoms with Gasteiger partial charge in [0.2, 0.25) is 0 Å². The smallest absolute Gasteiger partial charge is 0.269 e. The molecule has 1 unspecified atom stereocenters. The third kappa shape index (κ3) is 3.58. The number of rotatable bonds is 4. The van der Waals surface area contributed by atoms with E-state index < -0.39 is 0 Å². The van der Waals surface area contributed by atoms with Gasteiger partial charge < -0.3 is 4.74 Å². The fourth-order valence-electron chi connectivity index (χ4n) is 6.25. The Hall–Kier alpha value is -3.28. The molecule has 1 heterocycles. The van der Waals surface area contributed by atoms with Crippen molar-refractivity contribution < 1.29 is 9.66 Å². The molecule has 6 heteroatoms. The molecule has 0 radical (unpaired) electrons. The van der Waals surface area contributed by atoms with Gasteiger partial charge in [0.1, 0.15) is 18.2 Å². The zero-order valence-electron chi connectivity index (χ0n) is 19.6. The molecule has 3 aromatic rings. The number of ether oxygens (including phenoxy) is 1. The topological polar surface area (TPSA) is 78.2 Å². The van der Waals surface area contributed by atoms with Crippen molar-refractivity contribution in [3.8, 4) is 5.75 Å². The number of aromatic nitrogens is 2. The molecule has 0 spiro atoms. The van der Waals surface area contributed by atoms with E-state index in [0.717, 1.165) is 36.4 Å². The Bertz CT molecular complexity index is 1250. The van der Waals surface area contributed by atoms with Crippen LogP contribution < -0.4 is 4.74 Å². The van der Waals surface area contributed by atoms with Gasteiger partial charge in [-0.2, -0.15) is 0 Å². The van der Waals surface area contributed by atoms with Gasteiger partial charge in [-0.1, -0.05) is 39.0 Å². The first-order valence-corrected chi connectivity index (χ1v) is 11.5. The second-order valence-electron chi connectivity index (χ2n) is 10.2. The molecule has 2 aliphatic carbocycles. The molecule has 2 atom stereocenters. The van der Waals surface area contributed by atoms with Crippen LogP contribution in [0.2, 0.25) is 0 Å². The van der Waals surface area contributed by atoms with Crippen molar-refractivity contribution in [2.24, 2.45) is 5.92 Å². The van der Waals surface area contributed by atoms with Gasteiger partial charge in [-0.15, -0.1) is 0 Å². The van der Waals surface area contributed by atoms with Crippen LogP contribution in [0.5, 0.6) is 5.75 Å². The van der Waals surface area contributed by atoms with E-state index in [1.54, 1.807) is 12.1 Å². The molecular weight excluding hydrogens is 414 g/mol. The zero-order valence-corrected chi connectivity index (χ0v) is 19.6. The molecule has 6 nitrogen and oxygen atoms in total. The van der Waals surface area contributed by atoms with E-state index in [-0.39, 0.29) is 21.4 Å². The van der Waals surface area contributed by atoms with Gasteiger partial charge in [-0.3, -0.25) is 10.1 Å². The number of aryl methyl sites for hydroxylation is 2. The van der Waals surface area contributed by atoms with E-state index in [1.807, 2.05) is 25.3 Å². The maximum absolute atomic E-state index is 11.1. The van der Waals surface area contributed by atoms with Crippen LogP contribution in [-0.4, -0.2) is 14.9 Å². The number of nitro benzene ring substituents is 1. The normalized spacial score (nSPS) is 22.6. The third-order valence-electron chi connectivity index (χ3n) is 7.72. The number of nitrogens with zero attached hydrogens (tertiary/aromatic N) is 3. The summed E-state index contributed by atoms with van der Waals surface area (Å²) in [6, 6.07) is 13.0. The minimum atomic E-state index is -0.378. The van der Waals surface area contributed by atoms with E-state index in [4.69, 9.17) is 9.72 Å². The Morgan fingerprint density at radius 3 is 2.76 bits per heavy atom. The summed E-state index contributed by atoms with van der Waals surface area (Å²) in [6.07, 6.45) is 5.10. The first-order valence-electron chi connectivity index (χ1n) is 11.5. The highest BCUT2D eigenvalue weighted by Crippen LogP contribution is 2.56. The van der Waals surface area contributed by atoms with Gasteiger partial charge >= 0.3 is 0 Å². The van der Waals surface area contributed by atoms with Gasteiger partial charge in [0, 0.05) is 29.2 Å². The van der Waals surface area contributed by atoms with Crippen LogP contribution in [0.3, 0.4) is 0 Å². The highest BCUT2D eigenvalue weighted by atomic mass is 16.6. The molecule has 0 saturated heterocycles. The van der Waals surface area contributed by atoms with Crippen molar-refractivity contribution in [2.45, 2.75) is 64.4 Å². The van der Waals surface area contributed by atoms with Crippen molar-refractivity contribution in [1.29, 1.82) is 0 Å². The summed E-state index contributed by atoms with van der Waals surface area (Å²) in [6.45, 7) is 9.29. The highest BCUT2D eigenvalue weighted by Gasteiger charge is 2.53. The van der Waals surface area contributed by atoms with Crippen molar-refractivity contribution >= 4 is 5.69 Å². The number of benzene rings is 2. The fourth-order valence-corrected chi connectivity index (χ4v) is 6.25. The first-order chi connectivity index (χ1) is 15.7. The summed E-state index contributed by atoms with van der Waals surface area (Å²) >= 11 is 0. The van der Waals surface area contributed by atoms with Crippen molar-refractivity contribution in [3.05, 3.63) is 92.5 Å². The average molecular weight is 444 g/mol. The van der Waals surface area contributed by atoms with Crippen LogP contribution in [0.1, 0.15) is 61.0 Å². The van der Waals surface area contributed by atoms with Crippen LogP contribution >= 0.6 is 0 Å². The predicted molar refractivity (Wildman–Crippen MR) is 127 cm³/mol. The van der Waals surface area contributed by atoms with E-state index >= 15 is 0 Å². The second kappa shape index (κ2) is 7.65. The molecule has 2 aliphatic rings. The van der Waals surface area contributed by atoms with E-state index in [1.165, 1.54) is 28.5 Å². The van der Waals surface area contributed by atoms with Gasteiger partial charge in [0.15, 0.2) is 0 Å². The summed E-state index contributed by atoms with van der Waals surface area (Å²) < 4.78 is 6.11. The predicted octanol–water partition coefficient (Wildman–Crippen LogP) is 5.63. The molecule has 0 fully saturated rings. The monoisotopic (exact) mass is 443 g/mol. The second-order valence-corrected chi connectivity index (χ2v) is 10.2. The fraction of sp³-hybridized carbons (Fsp3) is 0.407. The molecular formula is C27H29N3O3. The lowest BCUT2D eigenvalue weighted by molar-refractivity contribution is -0.384. The van der Waals surface area contributed by atoms with Gasteiger partial charge in [0.05, 0.1) is 10.6 Å². The molecule has 5 rings (SSSR count). The number of nitro groups is 1. The maximum atomic E-state index is 11.1. The number of non-ortho nitro benzene ring substituents is 1. The van der Waals surface area contributed by atoms with Gasteiger partial charge in [0.25, 0.3) is 5.69 Å². The Labute approximate surface area is 194 Å². The minimum absolute atomic E-state index is 0.0341. The maximum Gasteiger partial charge on any atom is 0.269 e. The highest BCUT2D eigenvalue weighted by molar-refractivity contribution is 5.48. The van der Waals surface area contributed by atoms with E-state index in [2.05, 4.69) is 37.9 Å². The van der Waals surface area contributed by atoms with E-state index in [9.17, 15) is 10.1 Å². The molecule has 2 aromatic carbocycles. The standard InChI is InChI=1S/C27H29N3O3/c1-17-28-15-20-14-27(4)23-13-22(33-16-18-6-5-7-21(12-18)30(31)32)10-8-19(23)9-11-24(27)26(2,3)25(20)29-17/h5-8,10,12-13,15,24H,9,11,14,16H2,1-4H3/t24?,27-/m1/s1. The summed E-state index contributed by atoms with van der Waals surface area (Å²) in [5, 5.41) is 11.1. The van der Waals surface area contributed by atoms with Gasteiger partial charge in [-0.25, -0.2) is 9.97 Å². The molecule has 1 aromatic heterocycles. The molecule has 33 heavy (non-hydrogen) atoms. The SMILES string of the molecule is Cc1ncc2c(n1)C(C)(C)C1CCc3ccc(OCc4cccc([N+](=O)[O-])c4)cc3[C@@]1(C)C2. The van der Waals surface area contributed by atoms with Crippen LogP contribution in [0.15, 0.2) is 48.7 Å². The van der Waals surface area contributed by atoms with Crippen LogP contribution in [0, 0.1) is 23.0 Å². The van der Waals surface area contributed by atoms with Crippen molar-refractivity contribution in [3.63, 3.8) is 0 Å². The minimum Gasteiger partial charge on any atom is -0.489 e. The van der Waals surface area contributed by atoms with E-state index in [0.29, 0.717) is 12.5 Å². The van der Waals surface area contributed by atoms with Crippen LogP contribution in [0.4, 0.5) is 5.69 Å². The molecule has 0 N–H and O–H groups in total. The quantitative estimate of drug-likeness (QED) is 0.386. The van der Waals surface area contributed by atoms with Crippen LogP contribution in [-0.2, 0) is 30.3 Å². The molecule has 0 bridgehead atoms. The lowest BCUT2D eigenvalue weighted by Crippen LogP contribution is -2.52. The van der Waals surface area contributed by atoms with Crippen molar-refractivity contribution in [2.75, 3.05) is 0 Å². The van der Waals surface area contributed by atoms with Crippen molar-refractivity contribution in [1.82, 2.24) is 9.97 Å². The molecule has 170 valence electrons. The third-order valence-corrected chi connectivity index (χ3v) is 7.72. The number of hydrogen-bond donors (Lipinski definition) is 0. The van der Waals surface area contributed by atoms with Gasteiger partial charge in [-0.05, 0) is 66.5 Å². The Morgan fingerprint density at radius 2 is 1.97 bits per heavy atom. The summed E-state index contributed by atoms with van der Waals surface area (Å²) in [4.78, 5) is 20.1. The summed E-state index contributed by atoms with van der Waals surface area (Å²) in [7, 11) is 0. The molecule has 0 amide bonds. The summed E-state index contributed by atoms with van der Waals surface area (Å²) in [5.41, 5.74) is 5.93. The Kier molecular flexibility index (Phi) is 5.00. The largest absolute Gasteiger partial charge is 0.489 e. The molecule has 0 aliphatic heterocycles.